The Morgan fingerprint density at radius 2 is 2.03 bits per heavy atom. The van der Waals surface area contributed by atoms with E-state index >= 15 is 0 Å². The van der Waals surface area contributed by atoms with E-state index in [2.05, 4.69) is 21.9 Å². The molecule has 0 saturated heterocycles. The van der Waals surface area contributed by atoms with Crippen LogP contribution in [-0.2, 0) is 0 Å². The summed E-state index contributed by atoms with van der Waals surface area (Å²) in [5, 5.41) is 20.6. The van der Waals surface area contributed by atoms with Crippen molar-refractivity contribution in [1.82, 2.24) is 9.97 Å². The Labute approximate surface area is 191 Å². The number of carbonyl (C=O) groups excluding carboxylic acids is 1. The Bertz CT molecular complexity index is 1200. The molecule has 0 aliphatic heterocycles. The van der Waals surface area contributed by atoms with Crippen LogP contribution in [0.25, 0.3) is 11.3 Å². The maximum absolute atomic E-state index is 14.5. The molecule has 1 aromatic carbocycles. The zero-order valence-corrected chi connectivity index (χ0v) is 18.0. The van der Waals surface area contributed by atoms with Gasteiger partial charge in [-0.1, -0.05) is 24.3 Å². The van der Waals surface area contributed by atoms with E-state index in [0.717, 1.165) is 24.6 Å². The van der Waals surface area contributed by atoms with Gasteiger partial charge in [0.1, 0.15) is 11.5 Å². The summed E-state index contributed by atoms with van der Waals surface area (Å²) in [6.45, 7) is 3.83. The van der Waals surface area contributed by atoms with Gasteiger partial charge in [-0.15, -0.1) is 6.58 Å². The molecule has 6 nitrogen and oxygen atoms in total. The third-order valence-corrected chi connectivity index (χ3v) is 6.15. The minimum atomic E-state index is -0.508. The number of rotatable bonds is 6. The first-order valence-electron chi connectivity index (χ1n) is 10.8. The zero-order chi connectivity index (χ0) is 23.4. The molecule has 3 atom stereocenters. The third kappa shape index (κ3) is 4.73. The van der Waals surface area contributed by atoms with Crippen molar-refractivity contribution in [2.75, 3.05) is 5.32 Å². The molecule has 33 heavy (non-hydrogen) atoms. The molecule has 1 aliphatic carbocycles. The van der Waals surface area contributed by atoms with Crippen molar-refractivity contribution in [3.63, 3.8) is 0 Å². The second-order valence-electron chi connectivity index (χ2n) is 8.15. The molecule has 1 saturated carbocycles. The summed E-state index contributed by atoms with van der Waals surface area (Å²) < 4.78 is 14.5. The van der Waals surface area contributed by atoms with E-state index in [0.29, 0.717) is 17.7 Å². The topological polar surface area (TPSA) is 99.0 Å². The smallest absolute Gasteiger partial charge is 0.274 e. The number of nitrogens with zero attached hydrogens (tertiary/aromatic N) is 2. The number of halogens is 1. The van der Waals surface area contributed by atoms with Crippen LogP contribution < -0.4 is 5.32 Å². The van der Waals surface area contributed by atoms with E-state index < -0.39 is 17.8 Å². The number of hydrogen-bond donors (Lipinski definition) is 3. The summed E-state index contributed by atoms with van der Waals surface area (Å²) in [5.41, 5.74) is 2.51. The Kier molecular flexibility index (Phi) is 6.70. The van der Waals surface area contributed by atoms with Gasteiger partial charge in [-0.2, -0.15) is 0 Å². The van der Waals surface area contributed by atoms with Crippen LogP contribution >= 0.6 is 0 Å². The molecule has 0 radical (unpaired) electrons. The van der Waals surface area contributed by atoms with E-state index in [4.69, 9.17) is 5.41 Å². The summed E-state index contributed by atoms with van der Waals surface area (Å²) in [7, 11) is 0. The van der Waals surface area contributed by atoms with Crippen LogP contribution in [0, 0.1) is 17.1 Å². The number of carbonyl (C=O) groups is 1. The molecule has 1 fully saturated rings. The molecule has 168 valence electrons. The highest BCUT2D eigenvalue weighted by molar-refractivity contribution is 6.03. The van der Waals surface area contributed by atoms with Gasteiger partial charge in [0.25, 0.3) is 5.91 Å². The molecule has 1 amide bonds. The number of anilines is 1. The SMILES string of the molecule is C=CC1CC(c2ccncc2NC(=O)c2cccc(-c3c(F)cccc3C=N)n2)CCC1O. The summed E-state index contributed by atoms with van der Waals surface area (Å²) >= 11 is 0. The molecular formula is C26H25FN4O2. The normalized spacial score (nSPS) is 20.1. The van der Waals surface area contributed by atoms with Gasteiger partial charge in [0.2, 0.25) is 0 Å². The molecule has 2 heterocycles. The maximum Gasteiger partial charge on any atom is 0.274 e. The minimum Gasteiger partial charge on any atom is -0.393 e. The Hall–Kier alpha value is -3.71. The van der Waals surface area contributed by atoms with Crippen molar-refractivity contribution in [3.05, 3.63) is 90.2 Å². The molecule has 3 N–H and O–H groups in total. The van der Waals surface area contributed by atoms with Gasteiger partial charge in [-0.3, -0.25) is 9.78 Å². The fourth-order valence-electron chi connectivity index (χ4n) is 4.41. The summed E-state index contributed by atoms with van der Waals surface area (Å²) in [4.78, 5) is 21.6. The van der Waals surface area contributed by atoms with Gasteiger partial charge >= 0.3 is 0 Å². The molecular weight excluding hydrogens is 419 g/mol. The van der Waals surface area contributed by atoms with Crippen molar-refractivity contribution in [1.29, 1.82) is 5.41 Å². The van der Waals surface area contributed by atoms with Crippen LogP contribution in [0.1, 0.15) is 46.8 Å². The lowest BCUT2D eigenvalue weighted by atomic mass is 9.76. The van der Waals surface area contributed by atoms with Crippen LogP contribution in [0.4, 0.5) is 10.1 Å². The van der Waals surface area contributed by atoms with Crippen LogP contribution in [-0.4, -0.2) is 33.3 Å². The molecule has 4 rings (SSSR count). The number of pyridine rings is 2. The monoisotopic (exact) mass is 444 g/mol. The number of aliphatic hydroxyl groups is 1. The number of hydrogen-bond acceptors (Lipinski definition) is 5. The lowest BCUT2D eigenvalue weighted by Crippen LogP contribution is -2.27. The summed E-state index contributed by atoms with van der Waals surface area (Å²) in [6.07, 6.45) is 7.96. The first kappa shape index (κ1) is 22.5. The number of nitrogens with one attached hydrogen (secondary N) is 2. The third-order valence-electron chi connectivity index (χ3n) is 6.15. The van der Waals surface area contributed by atoms with Crippen molar-refractivity contribution in [2.45, 2.75) is 31.3 Å². The quantitative estimate of drug-likeness (QED) is 0.369. The number of aromatic nitrogens is 2. The van der Waals surface area contributed by atoms with Gasteiger partial charge in [0.15, 0.2) is 0 Å². The van der Waals surface area contributed by atoms with Crippen molar-refractivity contribution in [2.24, 2.45) is 5.92 Å². The molecule has 1 aliphatic rings. The van der Waals surface area contributed by atoms with Crippen LogP contribution in [0.2, 0.25) is 0 Å². The average molecular weight is 445 g/mol. The van der Waals surface area contributed by atoms with E-state index in [1.807, 2.05) is 6.07 Å². The van der Waals surface area contributed by atoms with Gasteiger partial charge in [0.05, 0.1) is 23.7 Å². The molecule has 0 spiro atoms. The first-order valence-corrected chi connectivity index (χ1v) is 10.8. The minimum absolute atomic E-state index is 0.00243. The molecule has 0 bridgehead atoms. The van der Waals surface area contributed by atoms with Gasteiger partial charge < -0.3 is 15.8 Å². The fraction of sp³-hybridized carbons (Fsp3) is 0.231. The summed E-state index contributed by atoms with van der Waals surface area (Å²) in [5.74, 6) is -0.785. The highest BCUT2D eigenvalue weighted by Crippen LogP contribution is 2.39. The maximum atomic E-state index is 14.5. The number of amides is 1. The second kappa shape index (κ2) is 9.83. The highest BCUT2D eigenvalue weighted by Gasteiger charge is 2.29. The van der Waals surface area contributed by atoms with Crippen LogP contribution in [0.5, 0.6) is 0 Å². The second-order valence-corrected chi connectivity index (χ2v) is 8.15. The molecule has 3 unspecified atom stereocenters. The lowest BCUT2D eigenvalue weighted by molar-refractivity contribution is 0.0848. The van der Waals surface area contributed by atoms with Gasteiger partial charge in [-0.05, 0) is 55.0 Å². The van der Waals surface area contributed by atoms with Crippen molar-refractivity contribution < 1.29 is 14.3 Å². The van der Waals surface area contributed by atoms with Gasteiger partial charge in [0, 0.05) is 29.5 Å². The summed E-state index contributed by atoms with van der Waals surface area (Å²) in [6, 6.07) is 11.2. The highest BCUT2D eigenvalue weighted by atomic mass is 19.1. The largest absolute Gasteiger partial charge is 0.393 e. The first-order chi connectivity index (χ1) is 16.0. The average Bonchev–Trinajstić information content (AvgIpc) is 2.84. The van der Waals surface area contributed by atoms with Gasteiger partial charge in [-0.25, -0.2) is 9.37 Å². The molecule has 2 aromatic heterocycles. The van der Waals surface area contributed by atoms with Crippen molar-refractivity contribution in [3.8, 4) is 11.3 Å². The van der Waals surface area contributed by atoms with Crippen LogP contribution in [0.15, 0.2) is 67.5 Å². The zero-order valence-electron chi connectivity index (χ0n) is 18.0. The number of aliphatic hydroxyl groups excluding tert-OH is 1. The molecule has 7 heteroatoms. The predicted molar refractivity (Wildman–Crippen MR) is 126 cm³/mol. The Morgan fingerprint density at radius 1 is 1.21 bits per heavy atom. The fourth-order valence-corrected chi connectivity index (χ4v) is 4.41. The predicted octanol–water partition coefficient (Wildman–Crippen LogP) is 4.96. The number of benzene rings is 1. The Morgan fingerprint density at radius 3 is 2.82 bits per heavy atom. The van der Waals surface area contributed by atoms with Crippen molar-refractivity contribution >= 4 is 17.8 Å². The van der Waals surface area contributed by atoms with Crippen LogP contribution in [0.3, 0.4) is 0 Å². The molecule has 3 aromatic rings. The van der Waals surface area contributed by atoms with E-state index in [-0.39, 0.29) is 28.8 Å². The van der Waals surface area contributed by atoms with E-state index in [1.54, 1.807) is 42.7 Å². The lowest BCUT2D eigenvalue weighted by Gasteiger charge is -2.32. The standard InChI is InChI=1S/C26H25FN4O2/c1-2-16-13-17(9-10-24(16)32)19-11-12-29-15-23(19)31-26(33)22-8-4-7-21(30-22)25-18(14-28)5-3-6-20(25)27/h2-8,11-12,14-17,24,28,32H,1,9-10,13H2,(H,31,33). The van der Waals surface area contributed by atoms with E-state index in [9.17, 15) is 14.3 Å². The Balaban J connectivity index is 1.60. The van der Waals surface area contributed by atoms with E-state index in [1.165, 1.54) is 12.1 Å².